The van der Waals surface area contributed by atoms with E-state index in [0.29, 0.717) is 22.8 Å². The first-order valence-electron chi connectivity index (χ1n) is 7.85. The number of hydrogen-bond acceptors (Lipinski definition) is 6. The summed E-state index contributed by atoms with van der Waals surface area (Å²) in [6.07, 6.45) is 2.61. The van der Waals surface area contributed by atoms with Gasteiger partial charge in [0, 0.05) is 17.9 Å². The van der Waals surface area contributed by atoms with Crippen LogP contribution in [0, 0.1) is 0 Å². The predicted octanol–water partition coefficient (Wildman–Crippen LogP) is 2.90. The van der Waals surface area contributed by atoms with Crippen LogP contribution in [0.3, 0.4) is 0 Å². The lowest BCUT2D eigenvalue weighted by molar-refractivity contribution is 0.588. The second-order valence-electron chi connectivity index (χ2n) is 6.22. The summed E-state index contributed by atoms with van der Waals surface area (Å²) >= 11 is 6.23. The molecule has 0 radical (unpaired) electrons. The monoisotopic (exact) mass is 365 g/mol. The van der Waals surface area contributed by atoms with Gasteiger partial charge in [-0.05, 0) is 38.4 Å². The summed E-state index contributed by atoms with van der Waals surface area (Å²) in [5, 5.41) is 11.0. The van der Waals surface area contributed by atoms with Crippen molar-refractivity contribution < 1.29 is 4.57 Å². The maximum atomic E-state index is 12.5. The van der Waals surface area contributed by atoms with Gasteiger partial charge in [0.05, 0.1) is 11.9 Å². The van der Waals surface area contributed by atoms with E-state index in [1.54, 1.807) is 19.5 Å². The molecular weight excluding hydrogens is 345 g/mol. The van der Waals surface area contributed by atoms with Crippen LogP contribution in [0.1, 0.15) is 6.42 Å². The van der Waals surface area contributed by atoms with E-state index in [1.807, 2.05) is 24.3 Å². The Morgan fingerprint density at radius 2 is 2.12 bits per heavy atom. The van der Waals surface area contributed by atoms with Gasteiger partial charge in [0.1, 0.15) is 12.2 Å². The molecule has 1 aromatic carbocycles. The number of nitrogens with zero attached hydrogens (tertiary/aromatic N) is 2. The number of hydrogen-bond donors (Lipinski definition) is 3. The van der Waals surface area contributed by atoms with Crippen LogP contribution >= 0.6 is 18.7 Å². The fourth-order valence-corrected chi connectivity index (χ4v) is 3.96. The van der Waals surface area contributed by atoms with Crippen LogP contribution in [-0.4, -0.2) is 42.4 Å². The Hall–Kier alpha value is -1.62. The molecule has 2 aromatic rings. The highest BCUT2D eigenvalue weighted by Gasteiger charge is 2.18. The van der Waals surface area contributed by atoms with E-state index in [0.717, 1.165) is 30.5 Å². The first kappa shape index (κ1) is 17.2. The number of benzene rings is 1. The van der Waals surface area contributed by atoms with Crippen molar-refractivity contribution in [3.05, 3.63) is 35.5 Å². The quantitative estimate of drug-likeness (QED) is 0.707. The molecule has 24 heavy (non-hydrogen) atoms. The first-order valence-corrected chi connectivity index (χ1v) is 10.8. The molecule has 0 unspecified atom stereocenters. The van der Waals surface area contributed by atoms with Crippen LogP contribution in [0.5, 0.6) is 0 Å². The first-order chi connectivity index (χ1) is 11.4. The largest absolute Gasteiger partial charge is 0.350 e. The van der Waals surface area contributed by atoms with Crippen LogP contribution in [0.2, 0.25) is 5.02 Å². The van der Waals surface area contributed by atoms with E-state index in [9.17, 15) is 4.57 Å². The molecule has 2 heterocycles. The molecule has 0 spiro atoms. The van der Waals surface area contributed by atoms with Gasteiger partial charge in [-0.15, -0.1) is 0 Å². The number of nitrogens with one attached hydrogen (secondary N) is 3. The molecule has 1 atom stereocenters. The molecule has 1 aliphatic rings. The molecule has 1 aliphatic heterocycles. The molecule has 0 bridgehead atoms. The third kappa shape index (κ3) is 4.07. The molecule has 8 heteroatoms. The summed E-state index contributed by atoms with van der Waals surface area (Å²) in [4.78, 5) is 8.71. The second-order valence-corrected chi connectivity index (χ2v) is 9.81. The van der Waals surface area contributed by atoms with Gasteiger partial charge in [-0.1, -0.05) is 23.7 Å². The van der Waals surface area contributed by atoms with E-state index in [-0.39, 0.29) is 0 Å². The van der Waals surface area contributed by atoms with E-state index in [1.165, 1.54) is 0 Å². The smallest absolute Gasteiger partial charge is 0.224 e. The van der Waals surface area contributed by atoms with Crippen LogP contribution in [-0.2, 0) is 4.57 Å². The molecule has 3 N–H and O–H groups in total. The molecule has 6 nitrogen and oxygen atoms in total. The zero-order chi connectivity index (χ0) is 17.2. The fourth-order valence-electron chi connectivity index (χ4n) is 2.66. The van der Waals surface area contributed by atoms with Crippen molar-refractivity contribution in [2.24, 2.45) is 0 Å². The van der Waals surface area contributed by atoms with E-state index in [2.05, 4.69) is 25.9 Å². The topological polar surface area (TPSA) is 78.9 Å². The Labute approximate surface area is 146 Å². The molecular formula is C16H21ClN5OP. The summed E-state index contributed by atoms with van der Waals surface area (Å²) < 4.78 is 12.5. The van der Waals surface area contributed by atoms with Gasteiger partial charge in [-0.25, -0.2) is 4.98 Å². The maximum absolute atomic E-state index is 12.5. The highest BCUT2D eigenvalue weighted by molar-refractivity contribution is 7.70. The summed E-state index contributed by atoms with van der Waals surface area (Å²) in [6.45, 7) is 5.38. The lowest BCUT2D eigenvalue weighted by Gasteiger charge is -2.16. The molecule has 0 saturated carbocycles. The number of aromatic nitrogens is 2. The van der Waals surface area contributed by atoms with E-state index in [4.69, 9.17) is 11.6 Å². The minimum atomic E-state index is -2.42. The van der Waals surface area contributed by atoms with Crippen molar-refractivity contribution in [1.29, 1.82) is 0 Å². The minimum absolute atomic E-state index is 0.317. The van der Waals surface area contributed by atoms with Gasteiger partial charge in [-0.3, -0.25) is 0 Å². The third-order valence-corrected chi connectivity index (χ3v) is 5.70. The van der Waals surface area contributed by atoms with Crippen molar-refractivity contribution in [1.82, 2.24) is 15.3 Å². The van der Waals surface area contributed by atoms with Crippen LogP contribution in [0.25, 0.3) is 0 Å². The summed E-state index contributed by atoms with van der Waals surface area (Å²) in [6, 6.07) is 7.82. The highest BCUT2D eigenvalue weighted by atomic mass is 35.5. The SMILES string of the molecule is CP(C)(=O)c1ccccc1Nc1nc(N[C@@H]2CCNC2)ncc1Cl. The molecule has 0 amide bonds. The summed E-state index contributed by atoms with van der Waals surface area (Å²) in [7, 11) is -2.42. The Morgan fingerprint density at radius 3 is 2.83 bits per heavy atom. The Kier molecular flexibility index (Phi) is 5.09. The third-order valence-electron chi connectivity index (χ3n) is 3.87. The van der Waals surface area contributed by atoms with E-state index < -0.39 is 7.14 Å². The number of anilines is 3. The summed E-state index contributed by atoms with van der Waals surface area (Å²) in [5.74, 6) is 1.03. The Bertz CT molecular complexity index is 773. The molecule has 1 fully saturated rings. The molecule has 128 valence electrons. The van der Waals surface area contributed by atoms with Crippen LogP contribution < -0.4 is 21.3 Å². The average Bonchev–Trinajstić information content (AvgIpc) is 3.03. The second kappa shape index (κ2) is 7.09. The summed E-state index contributed by atoms with van der Waals surface area (Å²) in [5.41, 5.74) is 0.750. The highest BCUT2D eigenvalue weighted by Crippen LogP contribution is 2.38. The van der Waals surface area contributed by atoms with E-state index >= 15 is 0 Å². The lowest BCUT2D eigenvalue weighted by atomic mass is 10.3. The average molecular weight is 366 g/mol. The standard InChI is InChI=1S/C16H21ClN5OP/c1-24(2,23)14-6-4-3-5-13(14)21-15-12(17)10-19-16(22-15)20-11-7-8-18-9-11/h3-6,10-11,18H,7-9H2,1-2H3,(H2,19,20,21,22)/t11-/m1/s1. The lowest BCUT2D eigenvalue weighted by Crippen LogP contribution is -2.23. The van der Waals surface area contributed by atoms with Gasteiger partial charge in [0.15, 0.2) is 5.82 Å². The number of rotatable bonds is 5. The Balaban J connectivity index is 1.86. The molecule has 0 aliphatic carbocycles. The minimum Gasteiger partial charge on any atom is -0.350 e. The number of para-hydroxylation sites is 1. The van der Waals surface area contributed by atoms with Gasteiger partial charge in [0.25, 0.3) is 0 Å². The molecule has 3 rings (SSSR count). The van der Waals surface area contributed by atoms with Gasteiger partial charge in [0.2, 0.25) is 5.95 Å². The van der Waals surface area contributed by atoms with Crippen molar-refractivity contribution in [2.75, 3.05) is 37.1 Å². The zero-order valence-electron chi connectivity index (χ0n) is 13.7. The predicted molar refractivity (Wildman–Crippen MR) is 101 cm³/mol. The van der Waals surface area contributed by atoms with Crippen molar-refractivity contribution in [3.63, 3.8) is 0 Å². The fraction of sp³-hybridized carbons (Fsp3) is 0.375. The maximum Gasteiger partial charge on any atom is 0.224 e. The van der Waals surface area contributed by atoms with Gasteiger partial charge >= 0.3 is 0 Å². The number of halogens is 1. The van der Waals surface area contributed by atoms with Crippen molar-refractivity contribution >= 4 is 41.5 Å². The van der Waals surface area contributed by atoms with Gasteiger partial charge < -0.3 is 20.5 Å². The van der Waals surface area contributed by atoms with Crippen LogP contribution in [0.4, 0.5) is 17.5 Å². The zero-order valence-corrected chi connectivity index (χ0v) is 15.4. The van der Waals surface area contributed by atoms with Crippen molar-refractivity contribution in [2.45, 2.75) is 12.5 Å². The normalized spacial score (nSPS) is 17.7. The van der Waals surface area contributed by atoms with Gasteiger partial charge in [-0.2, -0.15) is 4.98 Å². The van der Waals surface area contributed by atoms with Crippen molar-refractivity contribution in [3.8, 4) is 0 Å². The molecule has 1 aromatic heterocycles. The van der Waals surface area contributed by atoms with Crippen LogP contribution in [0.15, 0.2) is 30.5 Å². The molecule has 1 saturated heterocycles. The Morgan fingerprint density at radius 1 is 1.33 bits per heavy atom.